The number of likely N-dealkylation sites (tertiary alicyclic amines) is 2. The molecule has 2 aliphatic heterocycles. The lowest BCUT2D eigenvalue weighted by atomic mass is 9.93. The molecule has 3 aromatic carbocycles. The monoisotopic (exact) mass is 748 g/mol. The minimum atomic E-state index is -3.02. The number of aromatic nitrogens is 3. The van der Waals surface area contributed by atoms with Gasteiger partial charge in [0.2, 0.25) is 5.89 Å². The summed E-state index contributed by atoms with van der Waals surface area (Å²) in [5.41, 5.74) is 8.79. The highest BCUT2D eigenvalue weighted by molar-refractivity contribution is 5.91. The Balaban J connectivity index is 1.06. The molecule has 0 radical (unpaired) electrons. The minimum absolute atomic E-state index is 0.0106. The zero-order chi connectivity index (χ0) is 38.2. The molecule has 55 heavy (non-hydrogen) atoms. The third-order valence-corrected chi connectivity index (χ3v) is 10.8. The van der Waals surface area contributed by atoms with E-state index in [1.807, 2.05) is 49.5 Å². The molecule has 0 saturated carbocycles. The molecule has 11 nitrogen and oxygen atoms in total. The SMILES string of the molecule is Cc1c(Nc2nccc3cc(CN4CCC(O)C4)cnc23)cccc1-c1cccc(-c2nc3cc(CN4CC[C@@H](CC(=O)O)C4)c(OC(F)F)cc3o2)c1C. The molecule has 1 unspecified atom stereocenters. The number of hydrogen-bond acceptors (Lipinski definition) is 10. The average Bonchev–Trinajstić information content (AvgIpc) is 3.88. The van der Waals surface area contributed by atoms with Crippen molar-refractivity contribution in [2.24, 2.45) is 5.92 Å². The second kappa shape index (κ2) is 15.3. The number of halogens is 2. The fraction of sp³-hybridized carbons (Fsp3) is 0.333. The molecule has 0 aliphatic carbocycles. The van der Waals surface area contributed by atoms with E-state index < -0.39 is 12.6 Å². The predicted octanol–water partition coefficient (Wildman–Crippen LogP) is 7.93. The number of carbonyl (C=O) groups is 1. The zero-order valence-corrected chi connectivity index (χ0v) is 30.6. The summed E-state index contributed by atoms with van der Waals surface area (Å²) >= 11 is 0. The Hall–Kier alpha value is -5.50. The molecule has 3 N–H and O–H groups in total. The zero-order valence-electron chi connectivity index (χ0n) is 30.6. The van der Waals surface area contributed by atoms with Gasteiger partial charge in [-0.05, 0) is 97.3 Å². The fourth-order valence-electron chi connectivity index (χ4n) is 8.00. The van der Waals surface area contributed by atoms with E-state index in [1.165, 1.54) is 6.07 Å². The van der Waals surface area contributed by atoms with Gasteiger partial charge >= 0.3 is 12.6 Å². The van der Waals surface area contributed by atoms with Crippen LogP contribution in [0.5, 0.6) is 5.75 Å². The van der Waals surface area contributed by atoms with Crippen molar-refractivity contribution in [2.45, 2.75) is 58.9 Å². The first-order valence-electron chi connectivity index (χ1n) is 18.5. The Bertz CT molecular complexity index is 2390. The largest absolute Gasteiger partial charge is 0.481 e. The van der Waals surface area contributed by atoms with E-state index in [0.717, 1.165) is 75.9 Å². The maximum Gasteiger partial charge on any atom is 0.387 e. The van der Waals surface area contributed by atoms with E-state index in [9.17, 15) is 23.8 Å². The minimum Gasteiger partial charge on any atom is -0.481 e. The molecule has 2 atom stereocenters. The first kappa shape index (κ1) is 36.5. The number of aliphatic carboxylic acids is 1. The van der Waals surface area contributed by atoms with Gasteiger partial charge in [-0.1, -0.05) is 24.3 Å². The first-order chi connectivity index (χ1) is 26.6. The number of fused-ring (bicyclic) bond motifs is 2. The highest BCUT2D eigenvalue weighted by Crippen LogP contribution is 2.38. The number of β-amino-alcohol motifs (C(OH)–C–C–N with tert-alkyl or cyclic N) is 1. The van der Waals surface area contributed by atoms with Gasteiger partial charge in [0.1, 0.15) is 16.8 Å². The molecule has 6 aromatic rings. The van der Waals surface area contributed by atoms with Crippen LogP contribution in [-0.2, 0) is 17.9 Å². The van der Waals surface area contributed by atoms with Gasteiger partial charge in [0.05, 0.1) is 6.10 Å². The number of carboxylic acid groups (broad SMARTS) is 1. The van der Waals surface area contributed by atoms with Gasteiger partial charge < -0.3 is 24.7 Å². The van der Waals surface area contributed by atoms with E-state index in [2.05, 4.69) is 39.2 Å². The topological polar surface area (TPSA) is 137 Å². The van der Waals surface area contributed by atoms with Crippen LogP contribution in [-0.4, -0.2) is 79.8 Å². The lowest BCUT2D eigenvalue weighted by Crippen LogP contribution is -2.21. The van der Waals surface area contributed by atoms with Crippen molar-refractivity contribution in [3.05, 3.63) is 95.3 Å². The van der Waals surface area contributed by atoms with Crippen LogP contribution in [0.2, 0.25) is 0 Å². The van der Waals surface area contributed by atoms with Crippen LogP contribution in [0.3, 0.4) is 0 Å². The molecule has 284 valence electrons. The van der Waals surface area contributed by atoms with Crippen molar-refractivity contribution < 1.29 is 32.9 Å². The number of aliphatic hydroxyl groups is 1. The van der Waals surface area contributed by atoms with Crippen molar-refractivity contribution in [3.63, 3.8) is 0 Å². The molecular formula is C42H42F2N6O5. The van der Waals surface area contributed by atoms with E-state index in [1.54, 1.807) is 12.3 Å². The van der Waals surface area contributed by atoms with Gasteiger partial charge in [0.25, 0.3) is 0 Å². The molecular weight excluding hydrogens is 706 g/mol. The van der Waals surface area contributed by atoms with Crippen LogP contribution in [0.25, 0.3) is 44.6 Å². The third kappa shape index (κ3) is 7.86. The summed E-state index contributed by atoms with van der Waals surface area (Å²) in [4.78, 5) is 29.7. The Morgan fingerprint density at radius 1 is 0.964 bits per heavy atom. The van der Waals surface area contributed by atoms with Gasteiger partial charge in [-0.3, -0.25) is 19.6 Å². The summed E-state index contributed by atoms with van der Waals surface area (Å²) in [7, 11) is 0. The number of alkyl halides is 2. The Labute approximate surface area is 316 Å². The molecule has 0 spiro atoms. The van der Waals surface area contributed by atoms with Gasteiger partial charge in [0.15, 0.2) is 11.4 Å². The molecule has 8 rings (SSSR count). The van der Waals surface area contributed by atoms with Gasteiger partial charge in [0, 0.05) is 79.8 Å². The molecule has 2 aliphatic rings. The van der Waals surface area contributed by atoms with Crippen LogP contribution in [0.4, 0.5) is 20.3 Å². The average molecular weight is 749 g/mol. The lowest BCUT2D eigenvalue weighted by molar-refractivity contribution is -0.138. The maximum absolute atomic E-state index is 13.5. The number of nitrogens with one attached hydrogen (secondary N) is 1. The van der Waals surface area contributed by atoms with Crippen LogP contribution < -0.4 is 10.1 Å². The smallest absolute Gasteiger partial charge is 0.387 e. The van der Waals surface area contributed by atoms with Gasteiger partial charge in [-0.2, -0.15) is 8.78 Å². The number of nitrogens with zero attached hydrogens (tertiary/aromatic N) is 5. The van der Waals surface area contributed by atoms with Gasteiger partial charge in [-0.25, -0.2) is 9.97 Å². The number of ether oxygens (including phenoxy) is 1. The number of oxazole rings is 1. The number of carboxylic acids is 1. The van der Waals surface area contributed by atoms with Crippen molar-refractivity contribution in [1.29, 1.82) is 0 Å². The fourth-order valence-corrected chi connectivity index (χ4v) is 8.00. The third-order valence-electron chi connectivity index (χ3n) is 10.8. The normalized spacial score (nSPS) is 17.9. The Morgan fingerprint density at radius 2 is 1.73 bits per heavy atom. The van der Waals surface area contributed by atoms with Crippen molar-refractivity contribution in [2.75, 3.05) is 31.5 Å². The Morgan fingerprint density at radius 3 is 2.51 bits per heavy atom. The van der Waals surface area contributed by atoms with E-state index in [0.29, 0.717) is 54.6 Å². The van der Waals surface area contributed by atoms with E-state index in [-0.39, 0.29) is 24.2 Å². The lowest BCUT2D eigenvalue weighted by Gasteiger charge is -2.18. The van der Waals surface area contributed by atoms with Crippen molar-refractivity contribution in [3.8, 4) is 28.3 Å². The number of rotatable bonds is 12. The first-order valence-corrected chi connectivity index (χ1v) is 18.5. The highest BCUT2D eigenvalue weighted by atomic mass is 19.3. The summed E-state index contributed by atoms with van der Waals surface area (Å²) in [6, 6.07) is 19.3. The standard InChI is InChI=1S/C42H42F2N6O5/c1-24-31(32-6-4-8-34(25(32)2)47-40-39-28(9-12-45-40)15-27(19-46-39)21-50-14-11-30(51)23-50)5-3-7-33(24)41-48-35-17-29(36(55-42(43)44)18-37(35)54-41)22-49-13-10-26(20-49)16-38(52)53/h3-9,12,15,17-19,26,30,42,51H,10-11,13-14,16,20-23H2,1-2H3,(H,45,47)(H,52,53)/t26-,30?/m0/s1. The van der Waals surface area contributed by atoms with Gasteiger partial charge in [-0.15, -0.1) is 0 Å². The number of hydrogen-bond donors (Lipinski definition) is 3. The number of benzene rings is 3. The Kier molecular flexibility index (Phi) is 10.2. The summed E-state index contributed by atoms with van der Waals surface area (Å²) in [6.45, 7) is 4.87. The second-order valence-corrected chi connectivity index (χ2v) is 14.6. The number of anilines is 2. The van der Waals surface area contributed by atoms with Crippen molar-refractivity contribution >= 4 is 39.5 Å². The van der Waals surface area contributed by atoms with Crippen LogP contribution in [0, 0.1) is 19.8 Å². The van der Waals surface area contributed by atoms with E-state index in [4.69, 9.17) is 19.1 Å². The highest BCUT2D eigenvalue weighted by Gasteiger charge is 2.27. The molecule has 0 amide bonds. The van der Waals surface area contributed by atoms with Crippen molar-refractivity contribution in [1.82, 2.24) is 24.8 Å². The van der Waals surface area contributed by atoms with E-state index >= 15 is 0 Å². The van der Waals surface area contributed by atoms with Crippen LogP contribution in [0.1, 0.15) is 41.5 Å². The summed E-state index contributed by atoms with van der Waals surface area (Å²) < 4.78 is 38.2. The predicted molar refractivity (Wildman–Crippen MR) is 205 cm³/mol. The molecule has 13 heteroatoms. The summed E-state index contributed by atoms with van der Waals surface area (Å²) in [5, 5.41) is 23.6. The number of pyridine rings is 2. The molecule has 5 heterocycles. The summed E-state index contributed by atoms with van der Waals surface area (Å²) in [5.74, 6) is 0.187. The van der Waals surface area contributed by atoms with Crippen LogP contribution >= 0.6 is 0 Å². The van der Waals surface area contributed by atoms with Crippen LogP contribution in [0.15, 0.2) is 77.5 Å². The summed E-state index contributed by atoms with van der Waals surface area (Å²) in [6.07, 6.45) is 4.99. The molecule has 0 bridgehead atoms. The second-order valence-electron chi connectivity index (χ2n) is 14.6. The molecule has 2 fully saturated rings. The number of aliphatic hydroxyl groups excluding tert-OH is 1. The quantitative estimate of drug-likeness (QED) is 0.113. The molecule has 3 aromatic heterocycles. The maximum atomic E-state index is 13.5. The molecule has 2 saturated heterocycles.